The van der Waals surface area contributed by atoms with Crippen LogP contribution in [0.1, 0.15) is 15.2 Å². The van der Waals surface area contributed by atoms with Crippen LogP contribution in [-0.4, -0.2) is 20.9 Å². The van der Waals surface area contributed by atoms with Gasteiger partial charge in [0.25, 0.3) is 11.5 Å². The fourth-order valence-electron chi connectivity index (χ4n) is 2.61. The molecule has 7 heteroatoms. The lowest BCUT2D eigenvalue weighted by Gasteiger charge is -2.04. The number of carbonyl (C=O) groups excluding carboxylic acids is 1. The first-order valence-electron chi connectivity index (χ1n) is 6.99. The first-order chi connectivity index (χ1) is 11.1. The third-order valence-electron chi connectivity index (χ3n) is 3.75. The molecular formula is C16H12N4O2S. The predicted molar refractivity (Wildman–Crippen MR) is 91.2 cm³/mol. The van der Waals surface area contributed by atoms with E-state index in [0.29, 0.717) is 26.3 Å². The van der Waals surface area contributed by atoms with Crippen LogP contribution >= 0.6 is 11.3 Å². The maximum absolute atomic E-state index is 12.5. The molecule has 0 atom stereocenters. The van der Waals surface area contributed by atoms with Crippen LogP contribution in [0.5, 0.6) is 0 Å². The summed E-state index contributed by atoms with van der Waals surface area (Å²) in [6, 6.07) is 7.63. The number of amides is 1. The molecule has 0 unspecified atom stereocenters. The van der Waals surface area contributed by atoms with E-state index in [-0.39, 0.29) is 11.5 Å². The van der Waals surface area contributed by atoms with Crippen molar-refractivity contribution in [3.05, 3.63) is 57.6 Å². The maximum Gasteiger partial charge on any atom is 0.266 e. The number of anilines is 1. The topological polar surface area (TPSA) is 90.6 Å². The number of thiophene rings is 1. The van der Waals surface area contributed by atoms with Gasteiger partial charge in [-0.1, -0.05) is 6.07 Å². The zero-order valence-corrected chi connectivity index (χ0v) is 13.0. The van der Waals surface area contributed by atoms with Gasteiger partial charge in [0.1, 0.15) is 4.83 Å². The molecule has 0 saturated carbocycles. The van der Waals surface area contributed by atoms with E-state index in [1.54, 1.807) is 6.92 Å². The molecule has 3 heterocycles. The molecule has 23 heavy (non-hydrogen) atoms. The number of hydrogen-bond donors (Lipinski definition) is 3. The summed E-state index contributed by atoms with van der Waals surface area (Å²) in [5.74, 6) is -0.240. The van der Waals surface area contributed by atoms with E-state index in [0.717, 1.165) is 10.9 Å². The largest absolute Gasteiger partial charge is 0.361 e. The maximum atomic E-state index is 12.5. The van der Waals surface area contributed by atoms with E-state index in [1.165, 1.54) is 17.7 Å². The molecule has 0 spiro atoms. The Morgan fingerprint density at radius 2 is 2.13 bits per heavy atom. The summed E-state index contributed by atoms with van der Waals surface area (Å²) in [5, 5.41) is 4.43. The highest BCUT2D eigenvalue weighted by molar-refractivity contribution is 7.20. The van der Waals surface area contributed by atoms with Gasteiger partial charge >= 0.3 is 0 Å². The second-order valence-corrected chi connectivity index (χ2v) is 6.20. The van der Waals surface area contributed by atoms with Gasteiger partial charge in [0, 0.05) is 17.4 Å². The highest BCUT2D eigenvalue weighted by Gasteiger charge is 2.18. The summed E-state index contributed by atoms with van der Waals surface area (Å²) in [5.41, 5.74) is 2.08. The standard InChI is InChI=1S/C16H12N4O2S/c1-8-12-14(21)18-7-19-16(12)23-13(8)15(22)20-10-3-2-9-4-5-17-11(9)6-10/h2-7,17H,1H3,(H,20,22)(H,18,19,21). The molecule has 114 valence electrons. The van der Waals surface area contributed by atoms with Crippen LogP contribution in [0.4, 0.5) is 5.69 Å². The minimum atomic E-state index is -0.240. The normalized spacial score (nSPS) is 11.2. The van der Waals surface area contributed by atoms with E-state index in [1.807, 2.05) is 30.5 Å². The number of aromatic amines is 2. The van der Waals surface area contributed by atoms with Crippen molar-refractivity contribution in [1.82, 2.24) is 15.0 Å². The highest BCUT2D eigenvalue weighted by Crippen LogP contribution is 2.27. The van der Waals surface area contributed by atoms with Crippen LogP contribution in [0.25, 0.3) is 21.1 Å². The molecule has 6 nitrogen and oxygen atoms in total. The fourth-order valence-corrected chi connectivity index (χ4v) is 3.65. The Bertz CT molecular complexity index is 1110. The van der Waals surface area contributed by atoms with Crippen molar-refractivity contribution in [2.45, 2.75) is 6.92 Å². The third kappa shape index (κ3) is 2.22. The van der Waals surface area contributed by atoms with Crippen LogP contribution in [0.15, 0.2) is 41.6 Å². The van der Waals surface area contributed by atoms with E-state index >= 15 is 0 Å². The van der Waals surface area contributed by atoms with Gasteiger partial charge in [-0.25, -0.2) is 4.98 Å². The lowest BCUT2D eigenvalue weighted by molar-refractivity contribution is 0.103. The molecule has 0 radical (unpaired) electrons. The number of nitrogens with zero attached hydrogens (tertiary/aromatic N) is 1. The Balaban J connectivity index is 1.73. The Hall–Kier alpha value is -2.93. The average Bonchev–Trinajstić information content (AvgIpc) is 3.12. The number of nitrogens with one attached hydrogen (secondary N) is 3. The lowest BCUT2D eigenvalue weighted by Crippen LogP contribution is -2.12. The Kier molecular flexibility index (Phi) is 3.02. The zero-order valence-electron chi connectivity index (χ0n) is 12.1. The number of rotatable bonds is 2. The second-order valence-electron chi connectivity index (χ2n) is 5.20. The molecule has 0 bridgehead atoms. The molecule has 0 fully saturated rings. The van der Waals surface area contributed by atoms with E-state index in [9.17, 15) is 9.59 Å². The number of H-pyrrole nitrogens is 2. The quantitative estimate of drug-likeness (QED) is 0.529. The summed E-state index contributed by atoms with van der Waals surface area (Å²) in [6.07, 6.45) is 3.20. The zero-order chi connectivity index (χ0) is 16.0. The van der Waals surface area contributed by atoms with Gasteiger partial charge in [-0.05, 0) is 36.1 Å². The summed E-state index contributed by atoms with van der Waals surface area (Å²) in [7, 11) is 0. The summed E-state index contributed by atoms with van der Waals surface area (Å²) < 4.78 is 0. The Labute approximate surface area is 134 Å². The van der Waals surface area contributed by atoms with Gasteiger partial charge in [-0.3, -0.25) is 9.59 Å². The first-order valence-corrected chi connectivity index (χ1v) is 7.80. The minimum Gasteiger partial charge on any atom is -0.361 e. The van der Waals surface area contributed by atoms with Gasteiger partial charge in [0.15, 0.2) is 0 Å². The molecule has 0 aliphatic heterocycles. The highest BCUT2D eigenvalue weighted by atomic mass is 32.1. The molecule has 1 aromatic carbocycles. The van der Waals surface area contributed by atoms with Gasteiger partial charge in [0.2, 0.25) is 0 Å². The molecule has 0 aliphatic rings. The third-order valence-corrected chi connectivity index (χ3v) is 4.95. The van der Waals surface area contributed by atoms with Crippen molar-refractivity contribution in [3.8, 4) is 0 Å². The SMILES string of the molecule is Cc1c(C(=O)Nc2ccc3cc[nH]c3c2)sc2nc[nH]c(=O)c12. The van der Waals surface area contributed by atoms with Crippen molar-refractivity contribution >= 4 is 44.1 Å². The van der Waals surface area contributed by atoms with Crippen molar-refractivity contribution in [2.75, 3.05) is 5.32 Å². The van der Waals surface area contributed by atoms with Crippen molar-refractivity contribution in [3.63, 3.8) is 0 Å². The minimum absolute atomic E-state index is 0.226. The lowest BCUT2D eigenvalue weighted by atomic mass is 10.2. The molecule has 3 aromatic heterocycles. The summed E-state index contributed by atoms with van der Waals surface area (Å²) in [4.78, 5) is 35.3. The smallest absolute Gasteiger partial charge is 0.266 e. The Morgan fingerprint density at radius 3 is 2.96 bits per heavy atom. The van der Waals surface area contributed by atoms with Crippen molar-refractivity contribution in [2.24, 2.45) is 0 Å². The fraction of sp³-hybridized carbons (Fsp3) is 0.0625. The predicted octanol–water partition coefficient (Wildman–Crippen LogP) is 3.03. The number of carbonyl (C=O) groups is 1. The van der Waals surface area contributed by atoms with Crippen molar-refractivity contribution < 1.29 is 4.79 Å². The van der Waals surface area contributed by atoms with E-state index in [4.69, 9.17) is 0 Å². The molecule has 0 saturated heterocycles. The molecule has 4 aromatic rings. The number of benzene rings is 1. The number of aryl methyl sites for hydroxylation is 1. The van der Waals surface area contributed by atoms with Crippen LogP contribution in [-0.2, 0) is 0 Å². The summed E-state index contributed by atoms with van der Waals surface area (Å²) in [6.45, 7) is 1.76. The van der Waals surface area contributed by atoms with Crippen LogP contribution in [0, 0.1) is 6.92 Å². The van der Waals surface area contributed by atoms with Crippen molar-refractivity contribution in [1.29, 1.82) is 0 Å². The molecule has 3 N–H and O–H groups in total. The van der Waals surface area contributed by atoms with Gasteiger partial charge in [-0.2, -0.15) is 0 Å². The summed E-state index contributed by atoms with van der Waals surface area (Å²) >= 11 is 1.22. The average molecular weight is 324 g/mol. The van der Waals surface area contributed by atoms with Gasteiger partial charge in [0.05, 0.1) is 16.6 Å². The van der Waals surface area contributed by atoms with Crippen LogP contribution in [0.3, 0.4) is 0 Å². The van der Waals surface area contributed by atoms with E-state index in [2.05, 4.69) is 20.3 Å². The van der Waals surface area contributed by atoms with Crippen LogP contribution in [0.2, 0.25) is 0 Å². The van der Waals surface area contributed by atoms with Gasteiger partial charge in [-0.15, -0.1) is 11.3 Å². The monoisotopic (exact) mass is 324 g/mol. The molecule has 4 rings (SSSR count). The van der Waals surface area contributed by atoms with Gasteiger partial charge < -0.3 is 15.3 Å². The Morgan fingerprint density at radius 1 is 1.26 bits per heavy atom. The number of aromatic nitrogens is 3. The first kappa shape index (κ1) is 13.7. The van der Waals surface area contributed by atoms with Crippen LogP contribution < -0.4 is 10.9 Å². The molecule has 1 amide bonds. The second kappa shape index (κ2) is 5.06. The molecule has 0 aliphatic carbocycles. The molecular weight excluding hydrogens is 312 g/mol. The number of hydrogen-bond acceptors (Lipinski definition) is 4. The number of fused-ring (bicyclic) bond motifs is 2. The van der Waals surface area contributed by atoms with E-state index < -0.39 is 0 Å².